The van der Waals surface area contributed by atoms with E-state index in [1.165, 1.54) is 19.3 Å². The van der Waals surface area contributed by atoms with Gasteiger partial charge in [0.25, 0.3) is 0 Å². The van der Waals surface area contributed by atoms with E-state index in [1.54, 1.807) is 0 Å². The van der Waals surface area contributed by atoms with Crippen molar-refractivity contribution >= 4 is 11.7 Å². The van der Waals surface area contributed by atoms with E-state index < -0.39 is 0 Å². The number of piperidine rings is 2. The molecule has 0 aromatic carbocycles. The number of nitrogens with zero attached hydrogens (tertiary/aromatic N) is 2. The second kappa shape index (κ2) is 4.41. The molecule has 0 aromatic heterocycles. The van der Waals surface area contributed by atoms with Crippen molar-refractivity contribution < 1.29 is 9.59 Å². The smallest absolute Gasteiger partial charge is 0.236 e. The Morgan fingerprint density at radius 2 is 2.00 bits per heavy atom. The summed E-state index contributed by atoms with van der Waals surface area (Å²) >= 11 is 0. The maximum Gasteiger partial charge on any atom is 0.236 e. The summed E-state index contributed by atoms with van der Waals surface area (Å²) in [4.78, 5) is 27.5. The quantitative estimate of drug-likeness (QED) is 0.707. The maximum atomic E-state index is 12.1. The normalized spacial score (nSPS) is 33.4. The predicted octanol–water partition coefficient (Wildman–Crippen LogP) is 0.662. The number of likely N-dealkylation sites (tertiary alicyclic amines) is 2. The first kappa shape index (κ1) is 11.2. The van der Waals surface area contributed by atoms with Crippen molar-refractivity contribution in [2.75, 3.05) is 26.2 Å². The lowest BCUT2D eigenvalue weighted by Gasteiger charge is -2.31. The van der Waals surface area contributed by atoms with Crippen LogP contribution in [0.1, 0.15) is 32.1 Å². The monoisotopic (exact) mass is 236 g/mol. The Morgan fingerprint density at radius 1 is 1.24 bits per heavy atom. The number of hydrogen-bond donors (Lipinski definition) is 0. The summed E-state index contributed by atoms with van der Waals surface area (Å²) in [5.74, 6) is 1.37. The maximum absolute atomic E-state index is 12.1. The first-order valence-electron chi connectivity index (χ1n) is 6.76. The summed E-state index contributed by atoms with van der Waals surface area (Å²) in [6.07, 6.45) is 5.03. The standard InChI is InChI=1S/C13H20N2O2/c16-12-3-5-14(6-4-12)13(17)9-15-8-10-1-2-11(15)7-10/h10-11H,1-9H2. The molecule has 0 N–H and O–H groups in total. The van der Waals surface area contributed by atoms with Crippen molar-refractivity contribution in [1.29, 1.82) is 0 Å². The van der Waals surface area contributed by atoms with Gasteiger partial charge in [-0.25, -0.2) is 0 Å². The minimum Gasteiger partial charge on any atom is -0.341 e. The van der Waals surface area contributed by atoms with Crippen molar-refractivity contribution in [2.45, 2.75) is 38.1 Å². The van der Waals surface area contributed by atoms with Gasteiger partial charge in [0.05, 0.1) is 6.54 Å². The molecule has 1 amide bonds. The topological polar surface area (TPSA) is 40.6 Å². The molecule has 2 bridgehead atoms. The van der Waals surface area contributed by atoms with Gasteiger partial charge < -0.3 is 4.90 Å². The molecule has 0 spiro atoms. The number of Topliss-reactive ketones (excluding diaryl/α,β-unsaturated/α-hetero) is 1. The van der Waals surface area contributed by atoms with Gasteiger partial charge in [-0.1, -0.05) is 0 Å². The van der Waals surface area contributed by atoms with Crippen LogP contribution in [0, 0.1) is 5.92 Å². The van der Waals surface area contributed by atoms with Crippen LogP contribution in [0.25, 0.3) is 0 Å². The molecule has 2 heterocycles. The van der Waals surface area contributed by atoms with Crippen molar-refractivity contribution in [3.63, 3.8) is 0 Å². The third-order valence-electron chi connectivity index (χ3n) is 4.53. The van der Waals surface area contributed by atoms with Crippen molar-refractivity contribution in [1.82, 2.24) is 9.80 Å². The number of ketones is 1. The Bertz CT molecular complexity index is 332. The molecule has 3 fully saturated rings. The van der Waals surface area contributed by atoms with Gasteiger partial charge in [0.2, 0.25) is 5.91 Å². The van der Waals surface area contributed by atoms with E-state index in [0.29, 0.717) is 44.3 Å². The zero-order chi connectivity index (χ0) is 11.8. The SMILES string of the molecule is O=C1CCN(C(=O)CN2CC3CCC2C3)CC1. The van der Waals surface area contributed by atoms with Crippen LogP contribution in [-0.4, -0.2) is 53.7 Å². The second-order valence-electron chi connectivity index (χ2n) is 5.68. The van der Waals surface area contributed by atoms with E-state index in [4.69, 9.17) is 0 Å². The molecule has 0 aromatic rings. The average Bonchev–Trinajstić information content (AvgIpc) is 2.91. The number of carbonyl (C=O) groups is 2. The minimum absolute atomic E-state index is 0.227. The Kier molecular flexibility index (Phi) is 2.90. The van der Waals surface area contributed by atoms with Crippen LogP contribution in [-0.2, 0) is 9.59 Å². The van der Waals surface area contributed by atoms with Crippen LogP contribution in [0.5, 0.6) is 0 Å². The molecular weight excluding hydrogens is 216 g/mol. The minimum atomic E-state index is 0.227. The zero-order valence-electron chi connectivity index (χ0n) is 10.2. The van der Waals surface area contributed by atoms with Crippen molar-refractivity contribution in [3.8, 4) is 0 Å². The first-order valence-corrected chi connectivity index (χ1v) is 6.76. The third-order valence-corrected chi connectivity index (χ3v) is 4.53. The Balaban J connectivity index is 1.52. The molecule has 1 saturated carbocycles. The fraction of sp³-hybridized carbons (Fsp3) is 0.846. The molecule has 94 valence electrons. The lowest BCUT2D eigenvalue weighted by molar-refractivity contribution is -0.135. The number of rotatable bonds is 2. The second-order valence-corrected chi connectivity index (χ2v) is 5.68. The molecule has 2 atom stereocenters. The Hall–Kier alpha value is -0.900. The van der Waals surface area contributed by atoms with Gasteiger partial charge in [0.15, 0.2) is 0 Å². The van der Waals surface area contributed by atoms with Gasteiger partial charge in [-0.15, -0.1) is 0 Å². The summed E-state index contributed by atoms with van der Waals surface area (Å²) in [7, 11) is 0. The van der Waals surface area contributed by atoms with Crippen LogP contribution in [0.3, 0.4) is 0 Å². The lowest BCUT2D eigenvalue weighted by Crippen LogP contribution is -2.46. The highest BCUT2D eigenvalue weighted by atomic mass is 16.2. The van der Waals surface area contributed by atoms with Gasteiger partial charge in [-0.2, -0.15) is 0 Å². The van der Waals surface area contributed by atoms with Crippen LogP contribution < -0.4 is 0 Å². The van der Waals surface area contributed by atoms with Gasteiger partial charge >= 0.3 is 0 Å². The van der Waals surface area contributed by atoms with Gasteiger partial charge in [-0.3, -0.25) is 14.5 Å². The molecule has 4 nitrogen and oxygen atoms in total. The zero-order valence-corrected chi connectivity index (χ0v) is 10.2. The van der Waals surface area contributed by atoms with E-state index in [0.717, 1.165) is 12.5 Å². The molecule has 3 aliphatic rings. The van der Waals surface area contributed by atoms with E-state index >= 15 is 0 Å². The molecule has 2 unspecified atom stereocenters. The van der Waals surface area contributed by atoms with Gasteiger partial charge in [-0.05, 0) is 25.2 Å². The van der Waals surface area contributed by atoms with Crippen molar-refractivity contribution in [2.24, 2.45) is 5.92 Å². The first-order chi connectivity index (χ1) is 8.22. The van der Waals surface area contributed by atoms with Crippen LogP contribution in [0.4, 0.5) is 0 Å². The summed E-state index contributed by atoms with van der Waals surface area (Å²) in [5.41, 5.74) is 0. The molecule has 4 heteroatoms. The largest absolute Gasteiger partial charge is 0.341 e. The molecule has 17 heavy (non-hydrogen) atoms. The molecule has 2 saturated heterocycles. The number of amides is 1. The van der Waals surface area contributed by atoms with Gasteiger partial charge in [0, 0.05) is 38.5 Å². The van der Waals surface area contributed by atoms with Crippen LogP contribution in [0.2, 0.25) is 0 Å². The third kappa shape index (κ3) is 2.23. The summed E-state index contributed by atoms with van der Waals surface area (Å²) < 4.78 is 0. The highest BCUT2D eigenvalue weighted by Gasteiger charge is 2.38. The molecule has 0 radical (unpaired) electrons. The number of hydrogen-bond acceptors (Lipinski definition) is 3. The van der Waals surface area contributed by atoms with E-state index in [-0.39, 0.29) is 5.91 Å². The molecular formula is C13H20N2O2. The fourth-order valence-electron chi connectivity index (χ4n) is 3.50. The summed E-state index contributed by atoms with van der Waals surface area (Å²) in [6.45, 7) is 2.97. The number of carbonyl (C=O) groups excluding carboxylic acids is 2. The van der Waals surface area contributed by atoms with Crippen LogP contribution in [0.15, 0.2) is 0 Å². The highest BCUT2D eigenvalue weighted by molar-refractivity contribution is 5.84. The predicted molar refractivity (Wildman–Crippen MR) is 63.5 cm³/mol. The number of fused-ring (bicyclic) bond motifs is 2. The van der Waals surface area contributed by atoms with E-state index in [1.807, 2.05) is 4.90 Å². The van der Waals surface area contributed by atoms with Gasteiger partial charge in [0.1, 0.15) is 5.78 Å². The lowest BCUT2D eigenvalue weighted by atomic mass is 10.1. The van der Waals surface area contributed by atoms with Crippen LogP contribution >= 0.6 is 0 Å². The fourth-order valence-corrected chi connectivity index (χ4v) is 3.50. The summed E-state index contributed by atoms with van der Waals surface area (Å²) in [6, 6.07) is 0.662. The van der Waals surface area contributed by atoms with E-state index in [9.17, 15) is 9.59 Å². The average molecular weight is 236 g/mol. The molecule has 1 aliphatic carbocycles. The van der Waals surface area contributed by atoms with Crippen molar-refractivity contribution in [3.05, 3.63) is 0 Å². The Labute approximate surface area is 102 Å². The molecule has 3 rings (SSSR count). The Morgan fingerprint density at radius 3 is 2.59 bits per heavy atom. The molecule has 2 aliphatic heterocycles. The summed E-state index contributed by atoms with van der Waals surface area (Å²) in [5, 5.41) is 0. The van der Waals surface area contributed by atoms with E-state index in [2.05, 4.69) is 4.90 Å². The highest BCUT2D eigenvalue weighted by Crippen LogP contribution is 2.37.